The summed E-state index contributed by atoms with van der Waals surface area (Å²) >= 11 is 1.28. The SMILES string of the molecule is CC(C)(C)c1ncc(/C=C/c2nc(C(=O)O)cs2)cn1. The Bertz CT molecular complexity index is 639. The van der Waals surface area contributed by atoms with Crippen LogP contribution in [0.3, 0.4) is 0 Å². The van der Waals surface area contributed by atoms with E-state index < -0.39 is 5.97 Å². The Kier molecular flexibility index (Phi) is 3.94. The molecule has 6 heteroatoms. The van der Waals surface area contributed by atoms with Crippen molar-refractivity contribution < 1.29 is 9.90 Å². The number of carbonyl (C=O) groups is 1. The minimum atomic E-state index is -1.02. The van der Waals surface area contributed by atoms with Gasteiger partial charge in [0.25, 0.3) is 0 Å². The lowest BCUT2D eigenvalue weighted by atomic mass is 9.96. The highest BCUT2D eigenvalue weighted by Crippen LogP contribution is 2.18. The topological polar surface area (TPSA) is 76.0 Å². The van der Waals surface area contributed by atoms with Crippen LogP contribution < -0.4 is 0 Å². The van der Waals surface area contributed by atoms with E-state index in [1.807, 2.05) is 6.08 Å². The second-order valence-electron chi connectivity index (χ2n) is 5.30. The van der Waals surface area contributed by atoms with Crippen LogP contribution in [0.4, 0.5) is 0 Å². The lowest BCUT2D eigenvalue weighted by Gasteiger charge is -2.15. The largest absolute Gasteiger partial charge is 0.476 e. The fourth-order valence-corrected chi connectivity index (χ4v) is 2.12. The summed E-state index contributed by atoms with van der Waals surface area (Å²) in [5, 5.41) is 10.9. The Morgan fingerprint density at radius 3 is 2.40 bits per heavy atom. The second kappa shape index (κ2) is 5.50. The fraction of sp³-hybridized carbons (Fsp3) is 0.286. The molecule has 20 heavy (non-hydrogen) atoms. The van der Waals surface area contributed by atoms with Gasteiger partial charge in [-0.1, -0.05) is 20.8 Å². The first-order chi connectivity index (χ1) is 9.36. The normalized spacial score (nSPS) is 11.9. The molecule has 0 aliphatic rings. The summed E-state index contributed by atoms with van der Waals surface area (Å²) in [5.74, 6) is -0.226. The third-order valence-electron chi connectivity index (χ3n) is 2.50. The predicted molar refractivity (Wildman–Crippen MR) is 78.7 cm³/mol. The minimum Gasteiger partial charge on any atom is -0.476 e. The van der Waals surface area contributed by atoms with E-state index in [2.05, 4.69) is 35.7 Å². The van der Waals surface area contributed by atoms with Gasteiger partial charge >= 0.3 is 5.97 Å². The lowest BCUT2D eigenvalue weighted by molar-refractivity contribution is 0.0691. The summed E-state index contributed by atoms with van der Waals surface area (Å²) in [6, 6.07) is 0. The molecule has 2 aromatic rings. The van der Waals surface area contributed by atoms with Crippen LogP contribution in [0, 0.1) is 0 Å². The Hall–Kier alpha value is -2.08. The van der Waals surface area contributed by atoms with E-state index in [0.717, 1.165) is 11.4 Å². The van der Waals surface area contributed by atoms with Crippen molar-refractivity contribution in [3.05, 3.63) is 39.9 Å². The predicted octanol–water partition coefficient (Wildman–Crippen LogP) is 3.10. The lowest BCUT2D eigenvalue weighted by Crippen LogP contribution is -2.15. The Balaban J connectivity index is 2.13. The maximum atomic E-state index is 10.7. The van der Waals surface area contributed by atoms with Crippen LogP contribution in [0.5, 0.6) is 0 Å². The van der Waals surface area contributed by atoms with Crippen molar-refractivity contribution in [3.63, 3.8) is 0 Å². The molecule has 0 unspecified atom stereocenters. The number of carboxylic acid groups (broad SMARTS) is 1. The van der Waals surface area contributed by atoms with Gasteiger partial charge in [-0.15, -0.1) is 11.3 Å². The van der Waals surface area contributed by atoms with Gasteiger partial charge in [0.05, 0.1) is 0 Å². The van der Waals surface area contributed by atoms with E-state index in [1.165, 1.54) is 16.7 Å². The highest BCUT2D eigenvalue weighted by Gasteiger charge is 2.16. The maximum Gasteiger partial charge on any atom is 0.355 e. The number of thiazole rings is 1. The number of aromatic nitrogens is 3. The molecule has 1 N–H and O–H groups in total. The molecule has 0 saturated carbocycles. The molecule has 2 rings (SSSR count). The van der Waals surface area contributed by atoms with Crippen molar-refractivity contribution in [2.75, 3.05) is 0 Å². The minimum absolute atomic E-state index is 0.0639. The van der Waals surface area contributed by atoms with Crippen LogP contribution in [0.15, 0.2) is 17.8 Å². The molecule has 0 radical (unpaired) electrons. The first-order valence-electron chi connectivity index (χ1n) is 6.06. The average Bonchev–Trinajstić information content (AvgIpc) is 2.85. The van der Waals surface area contributed by atoms with Gasteiger partial charge in [-0.25, -0.2) is 19.7 Å². The van der Waals surface area contributed by atoms with Gasteiger partial charge in [-0.05, 0) is 12.2 Å². The molecule has 0 saturated heterocycles. The van der Waals surface area contributed by atoms with Gasteiger partial charge in [0.15, 0.2) is 5.69 Å². The molecule has 0 spiro atoms. The highest BCUT2D eigenvalue weighted by atomic mass is 32.1. The average molecular weight is 289 g/mol. The third kappa shape index (κ3) is 3.48. The smallest absolute Gasteiger partial charge is 0.355 e. The number of hydrogen-bond donors (Lipinski definition) is 1. The zero-order valence-corrected chi connectivity index (χ0v) is 12.3. The molecule has 0 aromatic carbocycles. The number of rotatable bonds is 3. The number of nitrogens with zero attached hydrogens (tertiary/aromatic N) is 3. The summed E-state index contributed by atoms with van der Waals surface area (Å²) in [6.45, 7) is 6.17. The molecule has 0 atom stereocenters. The molecular weight excluding hydrogens is 274 g/mol. The summed E-state index contributed by atoms with van der Waals surface area (Å²) < 4.78 is 0. The van der Waals surface area contributed by atoms with Crippen molar-refractivity contribution in [2.24, 2.45) is 0 Å². The maximum absolute atomic E-state index is 10.7. The summed E-state index contributed by atoms with van der Waals surface area (Å²) in [6.07, 6.45) is 7.06. The molecule has 0 amide bonds. The van der Waals surface area contributed by atoms with Crippen LogP contribution in [0.2, 0.25) is 0 Å². The van der Waals surface area contributed by atoms with Gasteiger partial charge in [0.1, 0.15) is 10.8 Å². The van der Waals surface area contributed by atoms with Crippen molar-refractivity contribution in [1.29, 1.82) is 0 Å². The molecule has 104 valence electrons. The van der Waals surface area contributed by atoms with Crippen LogP contribution in [0.25, 0.3) is 12.2 Å². The molecule has 0 aliphatic carbocycles. The van der Waals surface area contributed by atoms with E-state index in [9.17, 15) is 4.79 Å². The van der Waals surface area contributed by atoms with Gasteiger partial charge in [-0.2, -0.15) is 0 Å². The van der Waals surface area contributed by atoms with E-state index in [4.69, 9.17) is 5.11 Å². The highest BCUT2D eigenvalue weighted by molar-refractivity contribution is 7.10. The fourth-order valence-electron chi connectivity index (χ4n) is 1.44. The first kappa shape index (κ1) is 14.3. The summed E-state index contributed by atoms with van der Waals surface area (Å²) in [4.78, 5) is 23.3. The molecule has 0 aliphatic heterocycles. The molecule has 5 nitrogen and oxygen atoms in total. The van der Waals surface area contributed by atoms with Crippen molar-refractivity contribution in [1.82, 2.24) is 15.0 Å². The molecular formula is C14H15N3O2S. The first-order valence-corrected chi connectivity index (χ1v) is 6.93. The number of aromatic carboxylic acids is 1. The number of hydrogen-bond acceptors (Lipinski definition) is 5. The van der Waals surface area contributed by atoms with Gasteiger partial charge in [0, 0.05) is 28.8 Å². The van der Waals surface area contributed by atoms with E-state index in [1.54, 1.807) is 18.5 Å². The number of carboxylic acids is 1. The molecule has 0 fully saturated rings. The van der Waals surface area contributed by atoms with Crippen LogP contribution >= 0.6 is 11.3 Å². The zero-order chi connectivity index (χ0) is 14.8. The van der Waals surface area contributed by atoms with Gasteiger partial charge < -0.3 is 5.11 Å². The molecule has 2 heterocycles. The third-order valence-corrected chi connectivity index (χ3v) is 3.31. The van der Waals surface area contributed by atoms with Crippen molar-refractivity contribution in [2.45, 2.75) is 26.2 Å². The van der Waals surface area contributed by atoms with E-state index >= 15 is 0 Å². The standard InChI is InChI=1S/C14H15N3O2S/c1-14(2,3)13-15-6-9(7-16-13)4-5-11-17-10(8-20-11)12(18)19/h4-8H,1-3H3,(H,18,19)/b5-4+. The van der Waals surface area contributed by atoms with Crippen LogP contribution in [-0.2, 0) is 5.41 Å². The van der Waals surface area contributed by atoms with E-state index in [0.29, 0.717) is 5.01 Å². The van der Waals surface area contributed by atoms with Crippen LogP contribution in [-0.4, -0.2) is 26.0 Å². The van der Waals surface area contributed by atoms with Crippen LogP contribution in [0.1, 0.15) is 47.7 Å². The summed E-state index contributed by atoms with van der Waals surface area (Å²) in [7, 11) is 0. The van der Waals surface area contributed by atoms with E-state index in [-0.39, 0.29) is 11.1 Å². The Morgan fingerprint density at radius 1 is 1.25 bits per heavy atom. The van der Waals surface area contributed by atoms with Gasteiger partial charge in [-0.3, -0.25) is 0 Å². The monoisotopic (exact) mass is 289 g/mol. The van der Waals surface area contributed by atoms with Gasteiger partial charge in [0.2, 0.25) is 0 Å². The van der Waals surface area contributed by atoms with Crippen molar-refractivity contribution in [3.8, 4) is 0 Å². The quantitative estimate of drug-likeness (QED) is 0.939. The Morgan fingerprint density at radius 2 is 1.90 bits per heavy atom. The molecule has 0 bridgehead atoms. The second-order valence-corrected chi connectivity index (χ2v) is 6.19. The molecule has 2 aromatic heterocycles. The zero-order valence-electron chi connectivity index (χ0n) is 11.5. The van der Waals surface area contributed by atoms with Crippen molar-refractivity contribution >= 4 is 29.5 Å². The Labute approximate surface area is 121 Å². The summed E-state index contributed by atoms with van der Waals surface area (Å²) in [5.41, 5.74) is 0.840.